The van der Waals surface area contributed by atoms with E-state index in [1.54, 1.807) is 0 Å². The fourth-order valence-corrected chi connectivity index (χ4v) is 4.01. The average molecular weight is 446 g/mol. The Morgan fingerprint density at radius 3 is 2.61 bits per heavy atom. The molecule has 1 saturated heterocycles. The molecule has 0 unspecified atom stereocenters. The summed E-state index contributed by atoms with van der Waals surface area (Å²) in [6.07, 6.45) is 7.96. The van der Waals surface area contributed by atoms with Crippen molar-refractivity contribution in [2.24, 2.45) is 0 Å². The molecule has 0 saturated carbocycles. The van der Waals surface area contributed by atoms with Crippen LogP contribution in [-0.4, -0.2) is 41.1 Å². The van der Waals surface area contributed by atoms with E-state index < -0.39 is 0 Å². The summed E-state index contributed by atoms with van der Waals surface area (Å²) in [7, 11) is 0. The van der Waals surface area contributed by atoms with Crippen LogP contribution in [0.1, 0.15) is 43.7 Å². The number of aryl methyl sites for hydroxylation is 2. The van der Waals surface area contributed by atoms with Gasteiger partial charge in [0.05, 0.1) is 0 Å². The van der Waals surface area contributed by atoms with E-state index in [1.807, 2.05) is 37.4 Å². The number of hydrogen-bond acceptors (Lipinski definition) is 6. The summed E-state index contributed by atoms with van der Waals surface area (Å²) in [5.74, 6) is 2.25. The molecule has 0 bridgehead atoms. The van der Waals surface area contributed by atoms with E-state index in [9.17, 15) is 0 Å². The van der Waals surface area contributed by atoms with E-state index >= 15 is 0 Å². The highest BCUT2D eigenvalue weighted by Gasteiger charge is 2.11. The number of ether oxygens (including phenoxy) is 1. The van der Waals surface area contributed by atoms with Crippen LogP contribution in [0.4, 0.5) is 23.1 Å². The minimum Gasteiger partial charge on any atom is -0.492 e. The molecule has 2 heterocycles. The van der Waals surface area contributed by atoms with Crippen molar-refractivity contribution in [3.63, 3.8) is 0 Å². The second-order valence-electron chi connectivity index (χ2n) is 8.70. The van der Waals surface area contributed by atoms with E-state index in [0.29, 0.717) is 5.95 Å². The summed E-state index contributed by atoms with van der Waals surface area (Å²) in [4.78, 5) is 11.6. The monoisotopic (exact) mass is 445 g/mol. The van der Waals surface area contributed by atoms with Gasteiger partial charge in [-0.15, -0.1) is 0 Å². The summed E-state index contributed by atoms with van der Waals surface area (Å²) in [6.45, 7) is 8.35. The molecule has 1 fully saturated rings. The molecule has 0 atom stereocenters. The maximum absolute atomic E-state index is 5.90. The highest BCUT2D eigenvalue weighted by Crippen LogP contribution is 2.23. The molecule has 1 aliphatic heterocycles. The van der Waals surface area contributed by atoms with Crippen molar-refractivity contribution >= 4 is 23.1 Å². The molecule has 33 heavy (non-hydrogen) atoms. The minimum absolute atomic E-state index is 0.563. The van der Waals surface area contributed by atoms with Gasteiger partial charge in [0.2, 0.25) is 5.95 Å². The van der Waals surface area contributed by atoms with Crippen LogP contribution < -0.4 is 15.4 Å². The third-order valence-corrected chi connectivity index (χ3v) is 5.97. The maximum Gasteiger partial charge on any atom is 0.229 e. The summed E-state index contributed by atoms with van der Waals surface area (Å²) >= 11 is 0. The van der Waals surface area contributed by atoms with Gasteiger partial charge in [-0.25, -0.2) is 4.98 Å². The zero-order valence-corrected chi connectivity index (χ0v) is 19.8. The predicted molar refractivity (Wildman–Crippen MR) is 136 cm³/mol. The number of hydrogen-bond donors (Lipinski definition) is 2. The summed E-state index contributed by atoms with van der Waals surface area (Å²) in [5, 5.41) is 6.75. The number of nitrogens with zero attached hydrogens (tertiary/aromatic N) is 3. The van der Waals surface area contributed by atoms with Crippen LogP contribution in [0.5, 0.6) is 5.75 Å². The standard InChI is InChI=1S/C27H35N5O/c1-3-4-8-22-9-7-10-24(19-22)29-26-21(2)20-28-27(31-26)30-23-11-13-25(14-12-23)33-18-17-32-15-5-6-16-32/h7,9-14,19-20H,3-6,8,15-18H2,1-2H3,(H2,28,29,30,31). The first-order chi connectivity index (χ1) is 16.2. The highest BCUT2D eigenvalue weighted by molar-refractivity contribution is 5.62. The van der Waals surface area contributed by atoms with Gasteiger partial charge in [-0.3, -0.25) is 4.90 Å². The van der Waals surface area contributed by atoms with Crippen molar-refractivity contribution in [1.82, 2.24) is 14.9 Å². The first-order valence-corrected chi connectivity index (χ1v) is 12.1. The molecule has 1 aromatic heterocycles. The number of rotatable bonds is 11. The maximum atomic E-state index is 5.90. The molecule has 174 valence electrons. The molecule has 0 amide bonds. The number of aromatic nitrogens is 2. The molecule has 0 radical (unpaired) electrons. The van der Waals surface area contributed by atoms with Crippen LogP contribution in [0, 0.1) is 6.92 Å². The zero-order valence-electron chi connectivity index (χ0n) is 19.8. The zero-order chi connectivity index (χ0) is 22.9. The van der Waals surface area contributed by atoms with Gasteiger partial charge in [0.25, 0.3) is 0 Å². The molecular formula is C27H35N5O. The Labute approximate surface area is 197 Å². The molecule has 6 heteroatoms. The summed E-state index contributed by atoms with van der Waals surface area (Å²) in [5.41, 5.74) is 4.32. The van der Waals surface area contributed by atoms with Crippen LogP contribution in [0.25, 0.3) is 0 Å². The van der Waals surface area contributed by atoms with Gasteiger partial charge in [0, 0.05) is 29.7 Å². The number of likely N-dealkylation sites (tertiary alicyclic amines) is 1. The minimum atomic E-state index is 0.563. The Morgan fingerprint density at radius 1 is 1.00 bits per heavy atom. The predicted octanol–water partition coefficient (Wildman–Crippen LogP) is 6.09. The van der Waals surface area contributed by atoms with Gasteiger partial charge in [0.15, 0.2) is 0 Å². The van der Waals surface area contributed by atoms with Crippen LogP contribution in [-0.2, 0) is 6.42 Å². The summed E-state index contributed by atoms with van der Waals surface area (Å²) < 4.78 is 5.90. The Morgan fingerprint density at radius 2 is 1.82 bits per heavy atom. The second kappa shape index (κ2) is 11.7. The van der Waals surface area contributed by atoms with Gasteiger partial charge < -0.3 is 15.4 Å². The topological polar surface area (TPSA) is 62.3 Å². The lowest BCUT2D eigenvalue weighted by Crippen LogP contribution is -2.25. The molecule has 4 rings (SSSR count). The van der Waals surface area contributed by atoms with Gasteiger partial charge in [0.1, 0.15) is 18.2 Å². The van der Waals surface area contributed by atoms with Crippen LogP contribution in [0.3, 0.4) is 0 Å². The lowest BCUT2D eigenvalue weighted by molar-refractivity contribution is 0.238. The second-order valence-corrected chi connectivity index (χ2v) is 8.70. The van der Waals surface area contributed by atoms with Crippen molar-refractivity contribution < 1.29 is 4.74 Å². The van der Waals surface area contributed by atoms with Crippen molar-refractivity contribution in [3.8, 4) is 5.75 Å². The van der Waals surface area contributed by atoms with Gasteiger partial charge in [-0.2, -0.15) is 4.98 Å². The lowest BCUT2D eigenvalue weighted by Gasteiger charge is -2.15. The van der Waals surface area contributed by atoms with Crippen molar-refractivity contribution in [3.05, 3.63) is 65.9 Å². The van der Waals surface area contributed by atoms with Crippen LogP contribution in [0.15, 0.2) is 54.7 Å². The smallest absolute Gasteiger partial charge is 0.229 e. The first kappa shape index (κ1) is 23.1. The van der Waals surface area contributed by atoms with E-state index in [2.05, 4.69) is 51.7 Å². The number of benzene rings is 2. The largest absolute Gasteiger partial charge is 0.492 e. The molecule has 0 aliphatic carbocycles. The van der Waals surface area contributed by atoms with E-state index in [1.165, 1.54) is 44.3 Å². The lowest BCUT2D eigenvalue weighted by atomic mass is 10.1. The Bertz CT molecular complexity index is 1020. The van der Waals surface area contributed by atoms with Crippen molar-refractivity contribution in [1.29, 1.82) is 0 Å². The average Bonchev–Trinajstić information content (AvgIpc) is 3.35. The third-order valence-electron chi connectivity index (χ3n) is 5.97. The molecule has 0 spiro atoms. The summed E-state index contributed by atoms with van der Waals surface area (Å²) in [6, 6.07) is 16.5. The molecule has 3 aromatic rings. The quantitative estimate of drug-likeness (QED) is 0.372. The highest BCUT2D eigenvalue weighted by atomic mass is 16.5. The third kappa shape index (κ3) is 6.93. The fourth-order valence-electron chi connectivity index (χ4n) is 4.01. The number of unbranched alkanes of at least 4 members (excludes halogenated alkanes) is 1. The van der Waals surface area contributed by atoms with E-state index in [0.717, 1.165) is 48.1 Å². The van der Waals surface area contributed by atoms with Gasteiger partial charge in [-0.1, -0.05) is 25.5 Å². The van der Waals surface area contributed by atoms with E-state index in [-0.39, 0.29) is 0 Å². The number of nitrogens with one attached hydrogen (secondary N) is 2. The molecule has 1 aliphatic rings. The van der Waals surface area contributed by atoms with E-state index in [4.69, 9.17) is 9.72 Å². The molecule has 2 aromatic carbocycles. The van der Waals surface area contributed by atoms with Crippen molar-refractivity contribution in [2.45, 2.75) is 46.0 Å². The van der Waals surface area contributed by atoms with Crippen LogP contribution >= 0.6 is 0 Å². The molecule has 6 nitrogen and oxygen atoms in total. The van der Waals surface area contributed by atoms with Gasteiger partial charge >= 0.3 is 0 Å². The van der Waals surface area contributed by atoms with Gasteiger partial charge in [-0.05, 0) is 87.7 Å². The first-order valence-electron chi connectivity index (χ1n) is 12.1. The Kier molecular flexibility index (Phi) is 8.14. The van der Waals surface area contributed by atoms with Crippen LogP contribution in [0.2, 0.25) is 0 Å². The fraction of sp³-hybridized carbons (Fsp3) is 0.407. The molecule has 2 N–H and O–H groups in total. The molecular weight excluding hydrogens is 410 g/mol. The Hall–Kier alpha value is -3.12. The van der Waals surface area contributed by atoms with Crippen molar-refractivity contribution in [2.75, 3.05) is 36.9 Å². The SMILES string of the molecule is CCCCc1cccc(Nc2nc(Nc3ccc(OCCN4CCCC4)cc3)ncc2C)c1. The normalized spacial score (nSPS) is 13.8. The number of anilines is 4. The Balaban J connectivity index is 1.34.